The number of ether oxygens (including phenoxy) is 2. The van der Waals surface area contributed by atoms with Crippen LogP contribution in [0, 0.1) is 0 Å². The van der Waals surface area contributed by atoms with Gasteiger partial charge in [-0.3, -0.25) is 9.59 Å². The van der Waals surface area contributed by atoms with Crippen LogP contribution in [0.25, 0.3) is 11.0 Å². The van der Waals surface area contributed by atoms with Crippen LogP contribution in [0.4, 0.5) is 5.69 Å². The quantitative estimate of drug-likeness (QED) is 0.598. The Morgan fingerprint density at radius 3 is 2.78 bits per heavy atom. The van der Waals surface area contributed by atoms with Crippen molar-refractivity contribution in [2.75, 3.05) is 38.3 Å². The highest BCUT2D eigenvalue weighted by Gasteiger charge is 2.38. The van der Waals surface area contributed by atoms with Crippen molar-refractivity contribution in [1.82, 2.24) is 14.9 Å². The molecule has 1 saturated heterocycles. The predicted molar refractivity (Wildman–Crippen MR) is 122 cm³/mol. The predicted octanol–water partition coefficient (Wildman–Crippen LogP) is 2.99. The Morgan fingerprint density at radius 2 is 2.03 bits per heavy atom. The molecule has 1 unspecified atom stereocenters. The number of carbonyl (C=O) groups is 2. The third kappa shape index (κ3) is 4.45. The number of nitrogens with one attached hydrogen (secondary N) is 1. The second-order valence-electron chi connectivity index (χ2n) is 8.04. The summed E-state index contributed by atoms with van der Waals surface area (Å²) in [7, 11) is 1.95. The molecular weight excluding hydrogens is 408 g/mol. The molecule has 1 amide bonds. The van der Waals surface area contributed by atoms with Crippen molar-refractivity contribution in [1.29, 1.82) is 0 Å². The fraction of sp³-hybridized carbons (Fsp3) is 0.375. The van der Waals surface area contributed by atoms with E-state index in [0.29, 0.717) is 37.7 Å². The number of likely N-dealkylation sites (N-methyl/N-ethyl adjacent to an activating group) is 1. The summed E-state index contributed by atoms with van der Waals surface area (Å²) >= 11 is 0. The molecular formula is C24H28N4O4. The monoisotopic (exact) mass is 436 g/mol. The molecule has 3 aromatic rings. The minimum atomic E-state index is -0.690. The lowest BCUT2D eigenvalue weighted by Crippen LogP contribution is -2.60. The number of morpholine rings is 1. The molecule has 0 aliphatic carbocycles. The summed E-state index contributed by atoms with van der Waals surface area (Å²) in [5.41, 5.74) is 2.50. The molecule has 1 fully saturated rings. The van der Waals surface area contributed by atoms with Crippen LogP contribution in [0.3, 0.4) is 0 Å². The van der Waals surface area contributed by atoms with E-state index in [1.165, 1.54) is 0 Å². The van der Waals surface area contributed by atoms with Crippen LogP contribution in [-0.2, 0) is 20.7 Å². The summed E-state index contributed by atoms with van der Waals surface area (Å²) < 4.78 is 11.1. The fourth-order valence-electron chi connectivity index (χ4n) is 3.96. The van der Waals surface area contributed by atoms with Crippen LogP contribution in [-0.4, -0.2) is 65.8 Å². The Labute approximate surface area is 187 Å². The number of fused-ring (bicyclic) bond motifs is 1. The molecule has 0 bridgehead atoms. The van der Waals surface area contributed by atoms with Crippen LogP contribution in [0.1, 0.15) is 30.0 Å². The van der Waals surface area contributed by atoms with E-state index in [-0.39, 0.29) is 18.3 Å². The van der Waals surface area contributed by atoms with Crippen LogP contribution in [0.2, 0.25) is 0 Å². The molecule has 8 heteroatoms. The topological polar surface area (TPSA) is 87.8 Å². The maximum Gasteiger partial charge on any atom is 0.313 e. The lowest BCUT2D eigenvalue weighted by molar-refractivity contribution is -0.142. The lowest BCUT2D eigenvalue weighted by atomic mass is 10.1. The first-order valence-corrected chi connectivity index (χ1v) is 10.8. The SMILES string of the molecule is CCOC(=O)Cc1nc2ccc(N(C)C3(C)CN(C(=O)c4ccccc4)CCO3)cc2[nH]1. The van der Waals surface area contributed by atoms with Crippen molar-refractivity contribution in [2.24, 2.45) is 0 Å². The van der Waals surface area contributed by atoms with Gasteiger partial charge < -0.3 is 24.3 Å². The molecule has 168 valence electrons. The van der Waals surface area contributed by atoms with Gasteiger partial charge in [-0.2, -0.15) is 0 Å². The highest BCUT2D eigenvalue weighted by molar-refractivity contribution is 5.94. The number of hydrogen-bond donors (Lipinski definition) is 1. The number of hydrogen-bond acceptors (Lipinski definition) is 6. The normalized spacial score (nSPS) is 18.5. The maximum absolute atomic E-state index is 13.0. The molecule has 0 spiro atoms. The maximum atomic E-state index is 13.0. The lowest BCUT2D eigenvalue weighted by Gasteiger charge is -2.46. The number of anilines is 1. The van der Waals surface area contributed by atoms with Gasteiger partial charge in [-0.05, 0) is 44.2 Å². The van der Waals surface area contributed by atoms with E-state index in [1.807, 2.05) is 72.3 Å². The van der Waals surface area contributed by atoms with Gasteiger partial charge in [0.25, 0.3) is 5.91 Å². The number of esters is 1. The molecule has 32 heavy (non-hydrogen) atoms. The molecule has 1 aliphatic heterocycles. The Hall–Kier alpha value is -3.39. The molecule has 2 aromatic carbocycles. The molecule has 2 heterocycles. The molecule has 0 saturated carbocycles. The first kappa shape index (κ1) is 21.8. The molecule has 4 rings (SSSR count). The van der Waals surface area contributed by atoms with Crippen molar-refractivity contribution < 1.29 is 19.1 Å². The minimum absolute atomic E-state index is 0.00107. The average Bonchev–Trinajstić information content (AvgIpc) is 3.20. The Balaban J connectivity index is 1.52. The molecule has 0 radical (unpaired) electrons. The molecule has 1 aliphatic rings. The summed E-state index contributed by atoms with van der Waals surface area (Å²) in [6.07, 6.45) is 0.102. The number of imidazole rings is 1. The Morgan fingerprint density at radius 1 is 1.25 bits per heavy atom. The summed E-state index contributed by atoms with van der Waals surface area (Å²) in [6.45, 7) is 5.55. The number of aromatic nitrogens is 2. The number of nitrogens with zero attached hydrogens (tertiary/aromatic N) is 3. The van der Waals surface area contributed by atoms with Crippen molar-refractivity contribution in [2.45, 2.75) is 26.0 Å². The van der Waals surface area contributed by atoms with Gasteiger partial charge in [0.15, 0.2) is 5.72 Å². The largest absolute Gasteiger partial charge is 0.466 e. The van der Waals surface area contributed by atoms with Crippen molar-refractivity contribution in [3.63, 3.8) is 0 Å². The fourth-order valence-corrected chi connectivity index (χ4v) is 3.96. The van der Waals surface area contributed by atoms with Gasteiger partial charge in [-0.1, -0.05) is 18.2 Å². The molecule has 1 N–H and O–H groups in total. The van der Waals surface area contributed by atoms with E-state index < -0.39 is 5.72 Å². The zero-order valence-corrected chi connectivity index (χ0v) is 18.6. The van der Waals surface area contributed by atoms with Gasteiger partial charge >= 0.3 is 5.97 Å². The second kappa shape index (κ2) is 9.00. The highest BCUT2D eigenvalue weighted by atomic mass is 16.5. The number of aromatic amines is 1. The van der Waals surface area contributed by atoms with E-state index in [1.54, 1.807) is 6.92 Å². The van der Waals surface area contributed by atoms with E-state index >= 15 is 0 Å². The van der Waals surface area contributed by atoms with Crippen LogP contribution in [0.5, 0.6) is 0 Å². The third-order valence-corrected chi connectivity index (χ3v) is 5.79. The van der Waals surface area contributed by atoms with Crippen LogP contribution < -0.4 is 4.90 Å². The van der Waals surface area contributed by atoms with E-state index in [9.17, 15) is 9.59 Å². The third-order valence-electron chi connectivity index (χ3n) is 5.79. The van der Waals surface area contributed by atoms with Gasteiger partial charge in [0.2, 0.25) is 0 Å². The highest BCUT2D eigenvalue weighted by Crippen LogP contribution is 2.29. The van der Waals surface area contributed by atoms with Gasteiger partial charge in [0.05, 0.1) is 30.8 Å². The van der Waals surface area contributed by atoms with E-state index in [2.05, 4.69) is 9.97 Å². The van der Waals surface area contributed by atoms with E-state index in [4.69, 9.17) is 9.47 Å². The van der Waals surface area contributed by atoms with Crippen molar-refractivity contribution >= 4 is 28.6 Å². The van der Waals surface area contributed by atoms with Crippen molar-refractivity contribution in [3.05, 3.63) is 59.9 Å². The first-order valence-electron chi connectivity index (χ1n) is 10.8. The van der Waals surface area contributed by atoms with Gasteiger partial charge in [-0.25, -0.2) is 4.98 Å². The van der Waals surface area contributed by atoms with Crippen LogP contribution >= 0.6 is 0 Å². The first-order chi connectivity index (χ1) is 15.4. The van der Waals surface area contributed by atoms with Gasteiger partial charge in [-0.15, -0.1) is 0 Å². The summed E-state index contributed by atoms with van der Waals surface area (Å²) in [4.78, 5) is 36.3. The smallest absolute Gasteiger partial charge is 0.313 e. The zero-order valence-electron chi connectivity index (χ0n) is 18.6. The second-order valence-corrected chi connectivity index (χ2v) is 8.04. The minimum Gasteiger partial charge on any atom is -0.466 e. The average molecular weight is 437 g/mol. The van der Waals surface area contributed by atoms with Crippen LogP contribution in [0.15, 0.2) is 48.5 Å². The number of carbonyl (C=O) groups excluding carboxylic acids is 2. The number of H-pyrrole nitrogens is 1. The van der Waals surface area contributed by atoms with Crippen molar-refractivity contribution in [3.8, 4) is 0 Å². The molecule has 1 aromatic heterocycles. The Kier molecular flexibility index (Phi) is 6.14. The number of rotatable bonds is 6. The number of benzene rings is 2. The number of amides is 1. The Bertz CT molecular complexity index is 1110. The molecule has 1 atom stereocenters. The summed E-state index contributed by atoms with van der Waals surface area (Å²) in [6, 6.07) is 15.2. The summed E-state index contributed by atoms with van der Waals surface area (Å²) in [5, 5.41) is 0. The van der Waals surface area contributed by atoms with Gasteiger partial charge in [0.1, 0.15) is 12.2 Å². The zero-order chi connectivity index (χ0) is 22.7. The van der Waals surface area contributed by atoms with Gasteiger partial charge in [0, 0.05) is 24.8 Å². The summed E-state index contributed by atoms with van der Waals surface area (Å²) in [5.74, 6) is 0.259. The van der Waals surface area contributed by atoms with E-state index in [0.717, 1.165) is 16.7 Å². The standard InChI is InChI=1S/C24H28N4O4/c1-4-31-22(29)15-21-25-19-11-10-18(14-20(19)26-21)27(3)24(2)16-28(12-13-32-24)23(30)17-8-6-5-7-9-17/h5-11,14H,4,12-13,15-16H2,1-3H3,(H,25,26). The molecule has 8 nitrogen and oxygen atoms in total.